The van der Waals surface area contributed by atoms with Crippen molar-refractivity contribution < 1.29 is 18.0 Å². The lowest BCUT2D eigenvalue weighted by molar-refractivity contribution is 0.0933. The summed E-state index contributed by atoms with van der Waals surface area (Å²) >= 11 is 0. The average molecular weight is 346 g/mol. The molecule has 0 bridgehead atoms. The topological polar surface area (TPSA) is 59.8 Å². The van der Waals surface area contributed by atoms with Crippen LogP contribution in [-0.4, -0.2) is 20.7 Å². The highest BCUT2D eigenvalue weighted by molar-refractivity contribution is 5.93. The van der Waals surface area contributed by atoms with Crippen LogP contribution in [0.2, 0.25) is 0 Å². The SMILES string of the molecule is Cn1cc([C@@H](NC(=O)c2ncc(F)cc2F)c2ccc(F)cc2)cn1. The molecule has 1 N–H and O–H groups in total. The number of aromatic nitrogens is 3. The number of benzene rings is 1. The predicted octanol–water partition coefficient (Wildman–Crippen LogP) is 2.75. The fraction of sp³-hybridized carbons (Fsp3) is 0.118. The van der Waals surface area contributed by atoms with E-state index in [9.17, 15) is 18.0 Å². The van der Waals surface area contributed by atoms with Gasteiger partial charge in [0.05, 0.1) is 18.4 Å². The average Bonchev–Trinajstić information content (AvgIpc) is 2.99. The summed E-state index contributed by atoms with van der Waals surface area (Å²) in [6.45, 7) is 0. The molecule has 128 valence electrons. The molecule has 1 atom stereocenters. The highest BCUT2D eigenvalue weighted by Gasteiger charge is 2.22. The van der Waals surface area contributed by atoms with Gasteiger partial charge in [0.15, 0.2) is 11.5 Å². The third-order valence-electron chi connectivity index (χ3n) is 3.56. The summed E-state index contributed by atoms with van der Waals surface area (Å²) in [4.78, 5) is 15.9. The molecule has 8 heteroatoms. The van der Waals surface area contributed by atoms with E-state index in [0.29, 0.717) is 17.2 Å². The fourth-order valence-electron chi connectivity index (χ4n) is 2.38. The molecule has 25 heavy (non-hydrogen) atoms. The van der Waals surface area contributed by atoms with Crippen LogP contribution in [0.25, 0.3) is 0 Å². The molecule has 1 amide bonds. The Bertz CT molecular complexity index is 909. The standard InChI is InChI=1S/C17H13F3N4O/c1-24-9-11(7-22-24)15(10-2-4-12(18)5-3-10)23-17(25)16-14(20)6-13(19)8-21-16/h2-9,15H,1H3,(H,23,25)/t15-/m0/s1. The van der Waals surface area contributed by atoms with Crippen molar-refractivity contribution in [2.24, 2.45) is 7.05 Å². The van der Waals surface area contributed by atoms with Crippen molar-refractivity contribution in [3.05, 3.63) is 83.2 Å². The monoisotopic (exact) mass is 346 g/mol. The van der Waals surface area contributed by atoms with Crippen LogP contribution in [-0.2, 0) is 7.05 Å². The van der Waals surface area contributed by atoms with Gasteiger partial charge in [-0.25, -0.2) is 18.2 Å². The number of hydrogen-bond acceptors (Lipinski definition) is 3. The Morgan fingerprint density at radius 2 is 1.80 bits per heavy atom. The van der Waals surface area contributed by atoms with Crippen molar-refractivity contribution in [1.29, 1.82) is 0 Å². The van der Waals surface area contributed by atoms with Gasteiger partial charge in [-0.1, -0.05) is 12.1 Å². The number of carbonyl (C=O) groups excluding carboxylic acids is 1. The molecule has 0 radical (unpaired) electrons. The zero-order valence-electron chi connectivity index (χ0n) is 13.1. The van der Waals surface area contributed by atoms with Crippen LogP contribution >= 0.6 is 0 Å². The highest BCUT2D eigenvalue weighted by atomic mass is 19.1. The molecule has 0 spiro atoms. The van der Waals surface area contributed by atoms with Crippen molar-refractivity contribution in [2.45, 2.75) is 6.04 Å². The van der Waals surface area contributed by atoms with Gasteiger partial charge in [0.25, 0.3) is 5.91 Å². The van der Waals surface area contributed by atoms with E-state index in [4.69, 9.17) is 0 Å². The maximum absolute atomic E-state index is 13.8. The minimum absolute atomic E-state index is 0.425. The minimum atomic E-state index is -1.07. The molecule has 0 saturated heterocycles. The molecular weight excluding hydrogens is 333 g/mol. The number of aryl methyl sites for hydroxylation is 1. The third-order valence-corrected chi connectivity index (χ3v) is 3.56. The number of rotatable bonds is 4. The molecule has 3 aromatic rings. The number of carbonyl (C=O) groups is 1. The van der Waals surface area contributed by atoms with Crippen LogP contribution in [0, 0.1) is 17.5 Å². The first-order chi connectivity index (χ1) is 11.9. The van der Waals surface area contributed by atoms with Crippen molar-refractivity contribution in [3.8, 4) is 0 Å². The Labute approximate surface area is 141 Å². The molecule has 2 heterocycles. The molecule has 1 aromatic carbocycles. The minimum Gasteiger partial charge on any atom is -0.340 e. The van der Waals surface area contributed by atoms with Gasteiger partial charge in [-0.05, 0) is 17.7 Å². The molecule has 0 saturated carbocycles. The van der Waals surface area contributed by atoms with Crippen molar-refractivity contribution in [1.82, 2.24) is 20.1 Å². The molecular formula is C17H13F3N4O. The van der Waals surface area contributed by atoms with Crippen molar-refractivity contribution in [2.75, 3.05) is 0 Å². The Hall–Kier alpha value is -3.16. The first kappa shape index (κ1) is 16.7. The number of nitrogens with zero attached hydrogens (tertiary/aromatic N) is 3. The predicted molar refractivity (Wildman–Crippen MR) is 83.1 cm³/mol. The highest BCUT2D eigenvalue weighted by Crippen LogP contribution is 2.22. The Morgan fingerprint density at radius 1 is 1.08 bits per heavy atom. The van der Waals surface area contributed by atoms with E-state index in [0.717, 1.165) is 6.20 Å². The smallest absolute Gasteiger partial charge is 0.273 e. The Morgan fingerprint density at radius 3 is 2.40 bits per heavy atom. The maximum atomic E-state index is 13.8. The molecule has 2 aromatic heterocycles. The van der Waals surface area contributed by atoms with E-state index in [-0.39, 0.29) is 0 Å². The molecule has 0 aliphatic rings. The lowest BCUT2D eigenvalue weighted by Gasteiger charge is -2.18. The number of pyridine rings is 1. The van der Waals surface area contributed by atoms with E-state index in [1.807, 2.05) is 0 Å². The van der Waals surface area contributed by atoms with Crippen molar-refractivity contribution in [3.63, 3.8) is 0 Å². The van der Waals surface area contributed by atoms with E-state index in [2.05, 4.69) is 15.4 Å². The van der Waals surface area contributed by atoms with Gasteiger partial charge in [-0.2, -0.15) is 5.10 Å². The first-order valence-corrected chi connectivity index (χ1v) is 7.30. The fourth-order valence-corrected chi connectivity index (χ4v) is 2.38. The number of amides is 1. The lowest BCUT2D eigenvalue weighted by Crippen LogP contribution is -2.30. The first-order valence-electron chi connectivity index (χ1n) is 7.30. The molecule has 5 nitrogen and oxygen atoms in total. The van der Waals surface area contributed by atoms with Crippen LogP contribution in [0.5, 0.6) is 0 Å². The van der Waals surface area contributed by atoms with Crippen LogP contribution in [0.1, 0.15) is 27.7 Å². The van der Waals surface area contributed by atoms with Gasteiger partial charge in [0.2, 0.25) is 0 Å². The summed E-state index contributed by atoms with van der Waals surface area (Å²) in [5.74, 6) is -3.19. The lowest BCUT2D eigenvalue weighted by atomic mass is 10.0. The van der Waals surface area contributed by atoms with Crippen LogP contribution in [0.15, 0.2) is 48.9 Å². The largest absolute Gasteiger partial charge is 0.340 e. The normalized spacial score (nSPS) is 12.0. The zero-order valence-corrected chi connectivity index (χ0v) is 13.1. The van der Waals surface area contributed by atoms with Crippen molar-refractivity contribution >= 4 is 5.91 Å². The third kappa shape index (κ3) is 3.68. The van der Waals surface area contributed by atoms with Gasteiger partial charge >= 0.3 is 0 Å². The summed E-state index contributed by atoms with van der Waals surface area (Å²) in [5, 5.41) is 6.66. The second-order valence-corrected chi connectivity index (χ2v) is 5.39. The number of halogens is 3. The molecule has 0 fully saturated rings. The Kier molecular flexibility index (Phi) is 4.51. The molecule has 3 rings (SSSR count). The van der Waals surface area contributed by atoms with Gasteiger partial charge in [-0.3, -0.25) is 9.48 Å². The van der Waals surface area contributed by atoms with Gasteiger partial charge in [0, 0.05) is 24.9 Å². The van der Waals surface area contributed by atoms with Gasteiger partial charge in [0.1, 0.15) is 11.6 Å². The van der Waals surface area contributed by atoms with E-state index >= 15 is 0 Å². The van der Waals surface area contributed by atoms with Gasteiger partial charge < -0.3 is 5.32 Å². The summed E-state index contributed by atoms with van der Waals surface area (Å²) in [7, 11) is 1.70. The van der Waals surface area contributed by atoms with Gasteiger partial charge in [-0.15, -0.1) is 0 Å². The summed E-state index contributed by atoms with van der Waals surface area (Å²) < 4.78 is 41.5. The number of nitrogens with one attached hydrogen (secondary N) is 1. The zero-order chi connectivity index (χ0) is 18.0. The van der Waals surface area contributed by atoms with E-state index < -0.39 is 35.1 Å². The van der Waals surface area contributed by atoms with Crippen LogP contribution in [0.3, 0.4) is 0 Å². The molecule has 0 aliphatic heterocycles. The van der Waals surface area contributed by atoms with E-state index in [1.165, 1.54) is 35.1 Å². The Balaban J connectivity index is 1.94. The number of hydrogen-bond donors (Lipinski definition) is 1. The molecule has 0 unspecified atom stereocenters. The molecule has 0 aliphatic carbocycles. The maximum Gasteiger partial charge on any atom is 0.273 e. The summed E-state index contributed by atoms with van der Waals surface area (Å²) in [6.07, 6.45) is 3.96. The van der Waals surface area contributed by atoms with E-state index in [1.54, 1.807) is 13.2 Å². The summed E-state index contributed by atoms with van der Waals surface area (Å²) in [6, 6.07) is 5.39. The second-order valence-electron chi connectivity index (χ2n) is 5.39. The quantitative estimate of drug-likeness (QED) is 0.790. The summed E-state index contributed by atoms with van der Waals surface area (Å²) in [5.41, 5.74) is 0.660. The van der Waals surface area contributed by atoms with Crippen LogP contribution < -0.4 is 5.32 Å². The second kappa shape index (κ2) is 6.76. The van der Waals surface area contributed by atoms with Crippen LogP contribution in [0.4, 0.5) is 13.2 Å².